The van der Waals surface area contributed by atoms with Crippen molar-refractivity contribution < 1.29 is 9.30 Å². The first kappa shape index (κ1) is 27.3. The molecule has 208 valence electrons. The Bertz CT molecular complexity index is 1900. The minimum Gasteiger partial charge on any atom is -0.455 e. The van der Waals surface area contributed by atoms with Crippen LogP contribution in [0.25, 0.3) is 43.6 Å². The summed E-state index contributed by atoms with van der Waals surface area (Å²) in [6.45, 7) is 15.5. The molecule has 0 unspecified atom stereocenters. The molecular weight excluding hydrogens is 500 g/mol. The average Bonchev–Trinajstić information content (AvgIpc) is 2.91. The third kappa shape index (κ3) is 4.55. The molecule has 0 atom stereocenters. The van der Waals surface area contributed by atoms with Crippen molar-refractivity contribution in [3.05, 3.63) is 77.0 Å². The van der Waals surface area contributed by atoms with Crippen LogP contribution in [0.15, 0.2) is 54.7 Å². The van der Waals surface area contributed by atoms with Gasteiger partial charge in [-0.3, -0.25) is 0 Å². The van der Waals surface area contributed by atoms with Gasteiger partial charge in [-0.05, 0) is 96.2 Å². The molecule has 0 radical (unpaired) electrons. The van der Waals surface area contributed by atoms with Gasteiger partial charge in [0.25, 0.3) is 0 Å². The molecule has 4 aromatic carbocycles. The van der Waals surface area contributed by atoms with Crippen molar-refractivity contribution in [1.29, 1.82) is 5.26 Å². The number of nitrogens with zero attached hydrogens (tertiary/aromatic N) is 2. The van der Waals surface area contributed by atoms with Crippen LogP contribution in [0.4, 0.5) is 0 Å². The Morgan fingerprint density at radius 3 is 2.37 bits per heavy atom. The average molecular weight is 542 g/mol. The van der Waals surface area contributed by atoms with Crippen molar-refractivity contribution >= 4 is 32.3 Å². The summed E-state index contributed by atoms with van der Waals surface area (Å²) in [6, 6.07) is 20.5. The number of ether oxygens (including phenoxy) is 1. The Hall–Kier alpha value is -3.90. The summed E-state index contributed by atoms with van der Waals surface area (Å²) in [5.74, 6) is 3.04. The summed E-state index contributed by atoms with van der Waals surface area (Å²) in [4.78, 5) is 0. The van der Waals surface area contributed by atoms with E-state index in [0.717, 1.165) is 35.1 Å². The van der Waals surface area contributed by atoms with Gasteiger partial charge in [-0.15, -0.1) is 0 Å². The summed E-state index contributed by atoms with van der Waals surface area (Å²) >= 11 is 0. The number of nitriles is 1. The zero-order valence-corrected chi connectivity index (χ0v) is 25.8. The van der Waals surface area contributed by atoms with Crippen LogP contribution in [0.5, 0.6) is 11.5 Å². The van der Waals surface area contributed by atoms with Gasteiger partial charge in [0.1, 0.15) is 18.5 Å². The lowest BCUT2D eigenvalue weighted by Crippen LogP contribution is -2.32. The molecule has 0 bridgehead atoms. The van der Waals surface area contributed by atoms with Gasteiger partial charge in [-0.2, -0.15) is 5.26 Å². The fraction of sp³-hybridized carbons (Fsp3) is 0.368. The van der Waals surface area contributed by atoms with Crippen molar-refractivity contribution in [3.63, 3.8) is 0 Å². The molecule has 1 aliphatic rings. The lowest BCUT2D eigenvalue weighted by Gasteiger charge is -2.27. The highest BCUT2D eigenvalue weighted by Gasteiger charge is 2.34. The Kier molecular flexibility index (Phi) is 6.57. The van der Waals surface area contributed by atoms with Gasteiger partial charge in [0.2, 0.25) is 5.69 Å². The van der Waals surface area contributed by atoms with Crippen LogP contribution in [-0.2, 0) is 26.3 Å². The molecule has 1 aliphatic heterocycles. The second-order valence-corrected chi connectivity index (χ2v) is 13.6. The van der Waals surface area contributed by atoms with E-state index in [-0.39, 0.29) is 0 Å². The Morgan fingerprint density at radius 2 is 1.66 bits per heavy atom. The maximum atomic E-state index is 9.82. The molecular formula is C38H41N2O+. The molecule has 5 aromatic rings. The van der Waals surface area contributed by atoms with Gasteiger partial charge in [-0.25, -0.2) is 4.57 Å². The topological polar surface area (TPSA) is 36.9 Å². The van der Waals surface area contributed by atoms with Crippen LogP contribution in [0.2, 0.25) is 0 Å². The molecule has 0 saturated carbocycles. The summed E-state index contributed by atoms with van der Waals surface area (Å²) in [6.07, 6.45) is 4.92. The SMILES string of the molecule is Cc1c2c(c(CC(C)C)c3ccc(CC(C)C)cc13)Oc1cc3cccc(CC(C)(C)C#N)c3c3cc[n+](C)c-2c13. The van der Waals surface area contributed by atoms with Gasteiger partial charge >= 0.3 is 0 Å². The maximum Gasteiger partial charge on any atom is 0.228 e. The number of rotatable bonds is 6. The van der Waals surface area contributed by atoms with Crippen molar-refractivity contribution in [1.82, 2.24) is 0 Å². The smallest absolute Gasteiger partial charge is 0.228 e. The highest BCUT2D eigenvalue weighted by Crippen LogP contribution is 2.52. The van der Waals surface area contributed by atoms with E-state index in [2.05, 4.69) is 107 Å². The van der Waals surface area contributed by atoms with Crippen LogP contribution >= 0.6 is 0 Å². The fourth-order valence-electron chi connectivity index (χ4n) is 6.89. The summed E-state index contributed by atoms with van der Waals surface area (Å²) < 4.78 is 9.30. The summed E-state index contributed by atoms with van der Waals surface area (Å²) in [7, 11) is 2.16. The quantitative estimate of drug-likeness (QED) is 0.155. The third-order valence-corrected chi connectivity index (χ3v) is 8.64. The van der Waals surface area contributed by atoms with Crippen LogP contribution in [-0.4, -0.2) is 0 Å². The van der Waals surface area contributed by atoms with Crippen LogP contribution in [0.1, 0.15) is 63.8 Å². The predicted octanol–water partition coefficient (Wildman–Crippen LogP) is 9.54. The third-order valence-electron chi connectivity index (χ3n) is 8.64. The van der Waals surface area contributed by atoms with Crippen LogP contribution in [0.3, 0.4) is 0 Å². The molecule has 3 heteroatoms. The highest BCUT2D eigenvalue weighted by atomic mass is 16.5. The highest BCUT2D eigenvalue weighted by molar-refractivity contribution is 6.17. The summed E-state index contributed by atoms with van der Waals surface area (Å²) in [5.41, 5.74) is 7.16. The zero-order chi connectivity index (χ0) is 29.2. The standard InChI is InChI=1S/C38H41N2O/c1-22(2)16-25-12-13-28-30(18-25)24(5)33-36-35-29(14-15-40(36)8)34-26(10-9-11-27(34)20-38(6,7)21-39)19-32(35)41-37(33)31(28)17-23(3)4/h9-15,18-19,22-23H,16-17,20H2,1-8H3/q+1. The molecule has 0 saturated heterocycles. The predicted molar refractivity (Wildman–Crippen MR) is 171 cm³/mol. The first-order chi connectivity index (χ1) is 19.5. The van der Waals surface area contributed by atoms with E-state index >= 15 is 0 Å². The largest absolute Gasteiger partial charge is 0.455 e. The van der Waals surface area contributed by atoms with Crippen LogP contribution in [0, 0.1) is 35.5 Å². The van der Waals surface area contributed by atoms with Crippen LogP contribution < -0.4 is 9.30 Å². The molecule has 1 aromatic heterocycles. The number of hydrogen-bond acceptors (Lipinski definition) is 2. The van der Waals surface area contributed by atoms with Crippen molar-refractivity contribution in [2.24, 2.45) is 24.3 Å². The molecule has 0 amide bonds. The van der Waals surface area contributed by atoms with E-state index in [1.165, 1.54) is 55.1 Å². The first-order valence-electron chi connectivity index (χ1n) is 15.0. The fourth-order valence-corrected chi connectivity index (χ4v) is 6.89. The van der Waals surface area contributed by atoms with Gasteiger partial charge < -0.3 is 4.74 Å². The zero-order valence-electron chi connectivity index (χ0n) is 25.8. The van der Waals surface area contributed by atoms with Gasteiger partial charge in [0, 0.05) is 17.0 Å². The molecule has 0 N–H and O–H groups in total. The molecule has 2 heterocycles. The van der Waals surface area contributed by atoms with Crippen molar-refractivity contribution in [2.45, 2.75) is 67.7 Å². The molecule has 41 heavy (non-hydrogen) atoms. The number of hydrogen-bond donors (Lipinski definition) is 0. The van der Waals surface area contributed by atoms with E-state index in [1.807, 2.05) is 13.8 Å². The maximum absolute atomic E-state index is 9.82. The van der Waals surface area contributed by atoms with E-state index < -0.39 is 5.41 Å². The first-order valence-corrected chi connectivity index (χ1v) is 15.0. The lowest BCUT2D eigenvalue weighted by molar-refractivity contribution is -0.659. The second-order valence-electron chi connectivity index (χ2n) is 13.6. The van der Waals surface area contributed by atoms with E-state index in [9.17, 15) is 5.26 Å². The minimum atomic E-state index is -0.448. The number of fused-ring (bicyclic) bond motifs is 5. The number of aromatic nitrogens is 1. The van der Waals surface area contributed by atoms with Crippen molar-refractivity contribution in [3.8, 4) is 28.8 Å². The number of benzene rings is 4. The van der Waals surface area contributed by atoms with Gasteiger partial charge in [-0.1, -0.05) is 64.1 Å². The lowest BCUT2D eigenvalue weighted by atomic mass is 9.82. The monoisotopic (exact) mass is 541 g/mol. The van der Waals surface area contributed by atoms with Crippen molar-refractivity contribution in [2.75, 3.05) is 0 Å². The number of aryl methyl sites for hydroxylation is 2. The molecule has 0 spiro atoms. The molecule has 6 rings (SSSR count). The summed E-state index contributed by atoms with van der Waals surface area (Å²) in [5, 5.41) is 17.2. The second kappa shape index (κ2) is 9.88. The Labute approximate surface area is 244 Å². The van der Waals surface area contributed by atoms with E-state index in [4.69, 9.17) is 4.74 Å². The van der Waals surface area contributed by atoms with Gasteiger partial charge in [0.05, 0.1) is 22.4 Å². The van der Waals surface area contributed by atoms with E-state index in [1.54, 1.807) is 0 Å². The molecule has 0 fully saturated rings. The van der Waals surface area contributed by atoms with Gasteiger partial charge in [0.15, 0.2) is 6.20 Å². The number of pyridine rings is 1. The Balaban J connectivity index is 1.73. The normalized spacial score (nSPS) is 12.8. The molecule has 3 nitrogen and oxygen atoms in total. The minimum absolute atomic E-state index is 0.448. The Morgan fingerprint density at radius 1 is 0.902 bits per heavy atom. The molecule has 0 aliphatic carbocycles. The van der Waals surface area contributed by atoms with E-state index in [0.29, 0.717) is 18.3 Å².